The first-order chi connectivity index (χ1) is 15.0. The third-order valence-electron chi connectivity index (χ3n) is 6.33. The molecule has 0 radical (unpaired) electrons. The van der Waals surface area contributed by atoms with E-state index in [1.807, 2.05) is 0 Å². The van der Waals surface area contributed by atoms with Crippen LogP contribution in [0.3, 0.4) is 0 Å². The second-order valence-electron chi connectivity index (χ2n) is 9.40. The average Bonchev–Trinajstić information content (AvgIpc) is 3.18. The molecule has 0 spiro atoms. The highest BCUT2D eigenvalue weighted by Crippen LogP contribution is 2.36. The fourth-order valence-corrected chi connectivity index (χ4v) is 4.73. The lowest BCUT2D eigenvalue weighted by molar-refractivity contribution is -0.318. The summed E-state index contributed by atoms with van der Waals surface area (Å²) in [5.74, 6) is -1.90. The van der Waals surface area contributed by atoms with Gasteiger partial charge in [-0.05, 0) is 18.3 Å². The number of likely N-dealkylation sites (tertiary alicyclic amines) is 1. The van der Waals surface area contributed by atoms with Crippen LogP contribution < -0.4 is 0 Å². The Morgan fingerprint density at radius 1 is 1.09 bits per heavy atom. The first kappa shape index (κ1) is 25.7. The molecule has 10 atom stereocenters. The van der Waals surface area contributed by atoms with Crippen molar-refractivity contribution < 1.29 is 54.8 Å². The van der Waals surface area contributed by atoms with Crippen LogP contribution in [0.2, 0.25) is 0 Å². The number of rotatable bonds is 8. The van der Waals surface area contributed by atoms with Crippen molar-refractivity contribution in [2.24, 2.45) is 11.8 Å². The summed E-state index contributed by atoms with van der Waals surface area (Å²) in [5.41, 5.74) is 0. The maximum Gasteiger partial charge on any atom is 0.223 e. The van der Waals surface area contributed by atoms with Gasteiger partial charge < -0.3 is 54.9 Å². The van der Waals surface area contributed by atoms with Crippen LogP contribution in [0.5, 0.6) is 0 Å². The van der Waals surface area contributed by atoms with Crippen LogP contribution in [0.15, 0.2) is 0 Å². The van der Waals surface area contributed by atoms with Gasteiger partial charge in [-0.3, -0.25) is 4.79 Å². The minimum atomic E-state index is -2.24. The smallest absolute Gasteiger partial charge is 0.223 e. The van der Waals surface area contributed by atoms with Crippen molar-refractivity contribution in [3.8, 4) is 0 Å². The largest absolute Gasteiger partial charge is 0.394 e. The molecule has 3 saturated heterocycles. The molecular weight excluding hydrogens is 430 g/mol. The fourth-order valence-electron chi connectivity index (χ4n) is 4.73. The van der Waals surface area contributed by atoms with Gasteiger partial charge in [-0.15, -0.1) is 0 Å². The second kappa shape index (κ2) is 10.1. The molecule has 0 aromatic carbocycles. The summed E-state index contributed by atoms with van der Waals surface area (Å²) in [6.07, 6.45) is -11.0. The summed E-state index contributed by atoms with van der Waals surface area (Å²) < 4.78 is 16.3. The summed E-state index contributed by atoms with van der Waals surface area (Å²) in [4.78, 5) is 13.8. The highest BCUT2D eigenvalue weighted by Gasteiger charge is 2.58. The Kier molecular flexibility index (Phi) is 8.14. The van der Waals surface area contributed by atoms with Gasteiger partial charge >= 0.3 is 0 Å². The molecule has 3 rings (SSSR count). The van der Waals surface area contributed by atoms with E-state index in [4.69, 9.17) is 14.2 Å². The van der Waals surface area contributed by atoms with Gasteiger partial charge in [0.05, 0.1) is 19.8 Å². The summed E-state index contributed by atoms with van der Waals surface area (Å²) in [7, 11) is 0. The molecule has 3 heterocycles. The predicted molar refractivity (Wildman–Crippen MR) is 106 cm³/mol. The van der Waals surface area contributed by atoms with Gasteiger partial charge in [-0.1, -0.05) is 13.8 Å². The zero-order chi connectivity index (χ0) is 23.8. The topological polar surface area (TPSA) is 190 Å². The molecule has 12 heteroatoms. The predicted octanol–water partition coefficient (Wildman–Crippen LogP) is -3.49. The van der Waals surface area contributed by atoms with Gasteiger partial charge in [0.1, 0.15) is 42.7 Å². The number of nitrogens with zero attached hydrogens (tertiary/aromatic N) is 1. The number of aliphatic hydroxyl groups excluding tert-OH is 6. The normalized spacial score (nSPS) is 45.2. The first-order valence-corrected chi connectivity index (χ1v) is 10.9. The molecule has 7 N–H and O–H groups in total. The summed E-state index contributed by atoms with van der Waals surface area (Å²) in [6.45, 7) is 2.83. The summed E-state index contributed by atoms with van der Waals surface area (Å²) in [5, 5.41) is 70.8. The number of β-amino-alcohol motifs (C(OH)–C–C–N with tert-alkyl or cyclic N) is 1. The molecule has 3 aliphatic rings. The lowest BCUT2D eigenvalue weighted by Crippen LogP contribution is -2.61. The molecule has 1 amide bonds. The molecule has 186 valence electrons. The Bertz CT molecular complexity index is 649. The van der Waals surface area contributed by atoms with Gasteiger partial charge in [0.2, 0.25) is 11.7 Å². The number of hydrogen-bond acceptors (Lipinski definition) is 11. The number of carbonyl (C=O) groups excluding carboxylic acids is 1. The van der Waals surface area contributed by atoms with Crippen molar-refractivity contribution in [2.45, 2.75) is 81.5 Å². The molecule has 0 aromatic heterocycles. The van der Waals surface area contributed by atoms with Crippen molar-refractivity contribution in [2.75, 3.05) is 26.3 Å². The average molecular weight is 465 g/mol. The van der Waals surface area contributed by atoms with Crippen LogP contribution in [0.4, 0.5) is 0 Å². The number of ether oxygens (including phenoxy) is 3. The van der Waals surface area contributed by atoms with Crippen molar-refractivity contribution in [3.63, 3.8) is 0 Å². The number of aliphatic hydroxyl groups is 7. The van der Waals surface area contributed by atoms with E-state index in [0.717, 1.165) is 6.42 Å². The number of carbonyl (C=O) groups is 1. The monoisotopic (exact) mass is 465 g/mol. The summed E-state index contributed by atoms with van der Waals surface area (Å²) >= 11 is 0. The van der Waals surface area contributed by atoms with E-state index in [1.165, 1.54) is 4.90 Å². The van der Waals surface area contributed by atoms with Crippen molar-refractivity contribution in [1.29, 1.82) is 0 Å². The Balaban J connectivity index is 1.69. The maximum atomic E-state index is 12.4. The fraction of sp³-hybridized carbons (Fsp3) is 0.950. The van der Waals surface area contributed by atoms with E-state index in [9.17, 15) is 40.5 Å². The SMILES string of the molecule is CC(C)C[C@@H]1CC(=O)N(C[C@@]2(O)O[C@H](CO)[C@@H](O[C@@H]3O[C@H](CO)[C@H](O)[C@H](O)[C@H]3O)[C@@H]2O)C1. The highest BCUT2D eigenvalue weighted by molar-refractivity contribution is 5.78. The van der Waals surface area contributed by atoms with Crippen molar-refractivity contribution in [3.05, 3.63) is 0 Å². The van der Waals surface area contributed by atoms with Gasteiger partial charge in [0, 0.05) is 13.0 Å². The van der Waals surface area contributed by atoms with Gasteiger partial charge in [0.25, 0.3) is 0 Å². The van der Waals surface area contributed by atoms with Crippen LogP contribution >= 0.6 is 0 Å². The number of amides is 1. The van der Waals surface area contributed by atoms with E-state index in [1.54, 1.807) is 0 Å². The van der Waals surface area contributed by atoms with Crippen LogP contribution in [-0.2, 0) is 19.0 Å². The summed E-state index contributed by atoms with van der Waals surface area (Å²) in [6, 6.07) is 0. The van der Waals surface area contributed by atoms with Crippen LogP contribution in [0.1, 0.15) is 26.7 Å². The van der Waals surface area contributed by atoms with E-state index >= 15 is 0 Å². The van der Waals surface area contributed by atoms with Gasteiger partial charge in [-0.2, -0.15) is 0 Å². The quantitative estimate of drug-likeness (QED) is 0.188. The Morgan fingerprint density at radius 3 is 2.34 bits per heavy atom. The van der Waals surface area contributed by atoms with Crippen LogP contribution in [0, 0.1) is 11.8 Å². The zero-order valence-electron chi connectivity index (χ0n) is 18.2. The first-order valence-electron chi connectivity index (χ1n) is 10.9. The van der Waals surface area contributed by atoms with E-state index in [2.05, 4.69) is 13.8 Å². The van der Waals surface area contributed by atoms with Crippen LogP contribution in [-0.4, -0.2) is 128 Å². The minimum absolute atomic E-state index is 0.124. The van der Waals surface area contributed by atoms with Crippen LogP contribution in [0.25, 0.3) is 0 Å². The van der Waals surface area contributed by atoms with E-state index in [-0.39, 0.29) is 18.4 Å². The van der Waals surface area contributed by atoms with Gasteiger partial charge in [-0.25, -0.2) is 0 Å². The minimum Gasteiger partial charge on any atom is -0.394 e. The Morgan fingerprint density at radius 2 is 1.75 bits per heavy atom. The zero-order valence-corrected chi connectivity index (χ0v) is 18.2. The van der Waals surface area contributed by atoms with E-state index in [0.29, 0.717) is 18.9 Å². The molecule has 0 unspecified atom stereocenters. The Hall–Kier alpha value is -0.930. The highest BCUT2D eigenvalue weighted by atomic mass is 16.7. The Labute approximate surface area is 185 Å². The van der Waals surface area contributed by atoms with Crippen molar-refractivity contribution in [1.82, 2.24) is 4.90 Å². The van der Waals surface area contributed by atoms with Crippen molar-refractivity contribution >= 4 is 5.91 Å². The van der Waals surface area contributed by atoms with E-state index < -0.39 is 68.0 Å². The molecule has 3 fully saturated rings. The molecule has 32 heavy (non-hydrogen) atoms. The third-order valence-corrected chi connectivity index (χ3v) is 6.33. The molecule has 0 aliphatic carbocycles. The molecular formula is C20H35NO11. The number of hydrogen-bond donors (Lipinski definition) is 7. The molecule has 0 bridgehead atoms. The lowest BCUT2D eigenvalue weighted by Gasteiger charge is -2.41. The van der Waals surface area contributed by atoms with Gasteiger partial charge in [0.15, 0.2) is 6.29 Å². The molecule has 12 nitrogen and oxygen atoms in total. The second-order valence-corrected chi connectivity index (χ2v) is 9.40. The molecule has 0 aromatic rings. The third kappa shape index (κ3) is 5.09. The molecule has 0 saturated carbocycles. The molecule has 3 aliphatic heterocycles. The standard InChI is InChI=1S/C20H35NO11/c1-9(2)3-10-4-13(24)21(5-10)8-20(29)18(28)17(12(7-23)32-20)31-19-16(27)15(26)14(25)11(6-22)30-19/h9-12,14-19,22-23,25-29H,3-8H2,1-2H3/t10-,11-,12-,14+,15+,16-,17-,18+,19+,20-/m1/s1. The maximum absolute atomic E-state index is 12.4. The lowest BCUT2D eigenvalue weighted by atomic mass is 9.96.